The molecule has 0 aliphatic rings. The second-order valence-electron chi connectivity index (χ2n) is 7.82. The van der Waals surface area contributed by atoms with Crippen molar-refractivity contribution in [3.8, 4) is 22.4 Å². The number of nitro benzene ring substituents is 1. The summed E-state index contributed by atoms with van der Waals surface area (Å²) in [6.45, 7) is 0. The number of carbonyl (C=O) groups excluding carboxylic acids is 1. The Bertz CT molecular complexity index is 1630. The van der Waals surface area contributed by atoms with Crippen molar-refractivity contribution in [1.82, 2.24) is 4.98 Å². The molecule has 0 saturated heterocycles. The lowest BCUT2D eigenvalue weighted by Crippen LogP contribution is -2.13. The second kappa shape index (κ2) is 9.58. The van der Waals surface area contributed by atoms with E-state index in [2.05, 4.69) is 5.32 Å². The van der Waals surface area contributed by atoms with E-state index in [1.165, 1.54) is 18.2 Å². The summed E-state index contributed by atoms with van der Waals surface area (Å²) < 4.78 is 0. The number of para-hydroxylation sites is 2. The quantitative estimate of drug-likeness (QED) is 0.177. The minimum absolute atomic E-state index is 0.0806. The number of hydrogen-bond donors (Lipinski definition) is 2. The fourth-order valence-corrected chi connectivity index (χ4v) is 5.10. The zero-order valence-electron chi connectivity index (χ0n) is 18.4. The van der Waals surface area contributed by atoms with Crippen LogP contribution in [0, 0.1) is 10.1 Å². The maximum Gasteiger partial charge on any atom is 0.292 e. The van der Waals surface area contributed by atoms with Crippen LogP contribution in [0.15, 0.2) is 78.9 Å². The molecule has 0 aliphatic carbocycles. The molecule has 0 unspecified atom stereocenters. The van der Waals surface area contributed by atoms with E-state index in [4.69, 9.17) is 33.9 Å². The minimum Gasteiger partial charge on any atom is -0.397 e. The van der Waals surface area contributed by atoms with E-state index in [0.717, 1.165) is 28.0 Å². The van der Waals surface area contributed by atoms with Gasteiger partial charge in [-0.1, -0.05) is 59.6 Å². The number of nitrogens with one attached hydrogen (secondary N) is 1. The fraction of sp³-hybridized carbons (Fsp3) is 0. The van der Waals surface area contributed by atoms with E-state index in [1.54, 1.807) is 30.3 Å². The number of nitrogens with zero attached hydrogens (tertiary/aromatic N) is 2. The van der Waals surface area contributed by atoms with E-state index in [1.807, 2.05) is 30.3 Å². The first kappa shape index (κ1) is 23.7. The van der Waals surface area contributed by atoms with E-state index in [-0.39, 0.29) is 21.9 Å². The van der Waals surface area contributed by atoms with E-state index in [0.29, 0.717) is 26.0 Å². The summed E-state index contributed by atoms with van der Waals surface area (Å²) >= 11 is 13.3. The molecule has 0 saturated carbocycles. The molecular weight excluding hydrogens is 519 g/mol. The minimum atomic E-state index is -0.556. The molecule has 2 heterocycles. The van der Waals surface area contributed by atoms with Crippen molar-refractivity contribution < 1.29 is 9.72 Å². The molecule has 7 nitrogen and oxygen atoms in total. The van der Waals surface area contributed by atoms with Crippen molar-refractivity contribution in [1.29, 1.82) is 0 Å². The fourth-order valence-electron chi connectivity index (χ4n) is 3.83. The number of rotatable bonds is 5. The lowest BCUT2D eigenvalue weighted by atomic mass is 9.99. The maximum absolute atomic E-state index is 13.2. The number of pyridine rings is 1. The zero-order chi connectivity index (χ0) is 25.4. The predicted molar refractivity (Wildman–Crippen MR) is 146 cm³/mol. The molecule has 36 heavy (non-hydrogen) atoms. The van der Waals surface area contributed by atoms with Gasteiger partial charge in [-0.3, -0.25) is 14.9 Å². The SMILES string of the molecule is Nc1c(C(=O)Nc2ccccc2[N+](=O)[O-])sc2nc(-c3ccc(Cl)cc3)cc(-c3ccc(Cl)cc3)c12. The van der Waals surface area contributed by atoms with Crippen LogP contribution < -0.4 is 11.1 Å². The van der Waals surface area contributed by atoms with Crippen molar-refractivity contribution in [3.63, 3.8) is 0 Å². The number of halogens is 2. The standard InChI is InChI=1S/C26H16Cl2N4O3S/c27-16-9-5-14(6-10-16)18-13-20(15-7-11-17(28)12-8-15)31-26-22(18)23(29)24(36-26)25(33)30-19-3-1-2-4-21(19)32(34)35/h1-13H,29H2,(H,30,33). The molecule has 0 bridgehead atoms. The van der Waals surface area contributed by atoms with Crippen LogP contribution >= 0.6 is 34.5 Å². The summed E-state index contributed by atoms with van der Waals surface area (Å²) in [4.78, 5) is 29.6. The van der Waals surface area contributed by atoms with Crippen molar-refractivity contribution in [2.75, 3.05) is 11.1 Å². The number of aromatic nitrogens is 1. The van der Waals surface area contributed by atoms with Gasteiger partial charge in [-0.05, 0) is 47.5 Å². The molecule has 178 valence electrons. The van der Waals surface area contributed by atoms with Gasteiger partial charge >= 0.3 is 0 Å². The highest BCUT2D eigenvalue weighted by Gasteiger charge is 2.23. The van der Waals surface area contributed by atoms with Crippen LogP contribution in [0.4, 0.5) is 17.1 Å². The monoisotopic (exact) mass is 534 g/mol. The van der Waals surface area contributed by atoms with Gasteiger partial charge in [-0.25, -0.2) is 4.98 Å². The third-order valence-electron chi connectivity index (χ3n) is 5.55. The van der Waals surface area contributed by atoms with Crippen LogP contribution in [0.5, 0.6) is 0 Å². The van der Waals surface area contributed by atoms with Gasteiger partial charge in [0.1, 0.15) is 15.4 Å². The van der Waals surface area contributed by atoms with Gasteiger partial charge in [-0.2, -0.15) is 0 Å². The number of nitro groups is 1. The Kier molecular flexibility index (Phi) is 6.32. The molecule has 5 aromatic rings. The first-order valence-corrected chi connectivity index (χ1v) is 12.2. The van der Waals surface area contributed by atoms with E-state index < -0.39 is 10.8 Å². The molecule has 0 atom stereocenters. The zero-order valence-corrected chi connectivity index (χ0v) is 20.7. The van der Waals surface area contributed by atoms with Crippen LogP contribution in [0.2, 0.25) is 10.0 Å². The smallest absolute Gasteiger partial charge is 0.292 e. The highest BCUT2D eigenvalue weighted by Crippen LogP contribution is 2.42. The first-order chi connectivity index (χ1) is 17.3. The van der Waals surface area contributed by atoms with Gasteiger partial charge in [0.05, 0.1) is 16.3 Å². The Morgan fingerprint density at radius 3 is 2.19 bits per heavy atom. The maximum atomic E-state index is 13.2. The summed E-state index contributed by atoms with van der Waals surface area (Å²) in [5.41, 5.74) is 9.75. The highest BCUT2D eigenvalue weighted by atomic mass is 35.5. The average Bonchev–Trinajstić information content (AvgIpc) is 3.21. The predicted octanol–water partition coefficient (Wildman–Crippen LogP) is 7.68. The number of hydrogen-bond acceptors (Lipinski definition) is 6. The summed E-state index contributed by atoms with van der Waals surface area (Å²) in [5.74, 6) is -0.556. The lowest BCUT2D eigenvalue weighted by molar-refractivity contribution is -0.383. The molecule has 0 aliphatic heterocycles. The molecule has 0 spiro atoms. The van der Waals surface area contributed by atoms with Crippen molar-refractivity contribution in [2.45, 2.75) is 0 Å². The Labute approximate surface area is 219 Å². The largest absolute Gasteiger partial charge is 0.397 e. The number of carbonyl (C=O) groups is 1. The van der Waals surface area contributed by atoms with Gasteiger partial charge in [0, 0.05) is 27.1 Å². The molecule has 3 aromatic carbocycles. The number of nitrogens with two attached hydrogens (primary N) is 1. The van der Waals surface area contributed by atoms with Crippen LogP contribution in [0.25, 0.3) is 32.6 Å². The summed E-state index contributed by atoms with van der Waals surface area (Å²) in [6, 6.07) is 22.4. The van der Waals surface area contributed by atoms with Gasteiger partial charge in [0.25, 0.3) is 11.6 Å². The molecular formula is C26H16Cl2N4O3S. The molecule has 2 aromatic heterocycles. The van der Waals surface area contributed by atoms with Gasteiger partial charge in [0.2, 0.25) is 0 Å². The highest BCUT2D eigenvalue weighted by molar-refractivity contribution is 7.21. The third-order valence-corrected chi connectivity index (χ3v) is 7.15. The van der Waals surface area contributed by atoms with Gasteiger partial charge in [0.15, 0.2) is 0 Å². The molecule has 0 radical (unpaired) electrons. The number of fused-ring (bicyclic) bond motifs is 1. The summed E-state index contributed by atoms with van der Waals surface area (Å²) in [7, 11) is 0. The second-order valence-corrected chi connectivity index (χ2v) is 9.69. The van der Waals surface area contributed by atoms with Crippen molar-refractivity contribution in [2.24, 2.45) is 0 Å². The Balaban J connectivity index is 1.66. The Morgan fingerprint density at radius 1 is 0.944 bits per heavy atom. The van der Waals surface area contributed by atoms with E-state index in [9.17, 15) is 14.9 Å². The third kappa shape index (κ3) is 4.49. The Morgan fingerprint density at radius 2 is 1.56 bits per heavy atom. The molecule has 1 amide bonds. The number of benzene rings is 3. The first-order valence-electron chi connectivity index (χ1n) is 10.6. The Hall–Kier alpha value is -3.98. The van der Waals surface area contributed by atoms with E-state index >= 15 is 0 Å². The molecule has 3 N–H and O–H groups in total. The van der Waals surface area contributed by atoms with Crippen LogP contribution in [-0.2, 0) is 0 Å². The van der Waals surface area contributed by atoms with Crippen LogP contribution in [0.1, 0.15) is 9.67 Å². The molecule has 0 fully saturated rings. The van der Waals surface area contributed by atoms with Crippen molar-refractivity contribution in [3.05, 3.63) is 104 Å². The lowest BCUT2D eigenvalue weighted by Gasteiger charge is -2.09. The summed E-state index contributed by atoms with van der Waals surface area (Å²) in [5, 5.41) is 15.8. The molecule has 10 heteroatoms. The number of anilines is 2. The molecule has 5 rings (SSSR count). The number of nitrogen functional groups attached to an aromatic ring is 1. The average molecular weight is 535 g/mol. The summed E-state index contributed by atoms with van der Waals surface area (Å²) in [6.07, 6.45) is 0. The van der Waals surface area contributed by atoms with Crippen molar-refractivity contribution >= 4 is 67.7 Å². The van der Waals surface area contributed by atoms with Gasteiger partial charge in [-0.15, -0.1) is 11.3 Å². The number of thiophene rings is 1. The van der Waals surface area contributed by atoms with Crippen LogP contribution in [-0.4, -0.2) is 15.8 Å². The topological polar surface area (TPSA) is 111 Å². The normalized spacial score (nSPS) is 10.9. The van der Waals surface area contributed by atoms with Gasteiger partial charge < -0.3 is 11.1 Å². The number of amides is 1. The van der Waals surface area contributed by atoms with Crippen LogP contribution in [0.3, 0.4) is 0 Å².